The molecular weight excluding hydrogens is 492 g/mol. The number of nitrogens with one attached hydrogen (secondary N) is 2. The summed E-state index contributed by atoms with van der Waals surface area (Å²) < 4.78 is 19.7. The van der Waals surface area contributed by atoms with Crippen LogP contribution < -0.4 is 10.6 Å². The SMILES string of the molecule is C[C@H]1[C@@H](OCCNC(=O)Nc2ccccc2Br)O[C@@H]2O[C@]3(C)CC[C@H]4[C@H](C)CC[C@@H]1[C@@]24OO3. The minimum Gasteiger partial charge on any atom is -0.350 e. The Bertz CT molecular complexity index is 888. The van der Waals surface area contributed by atoms with E-state index in [2.05, 4.69) is 40.4 Å². The molecule has 1 aliphatic carbocycles. The average Bonchev–Trinajstić information content (AvgIpc) is 3.02. The quantitative estimate of drug-likeness (QED) is 0.425. The molecular formula is C24H33BrN2O6. The van der Waals surface area contributed by atoms with Crippen molar-refractivity contribution in [3.8, 4) is 0 Å². The molecule has 2 amide bonds. The number of fused-ring (bicyclic) bond motifs is 2. The van der Waals surface area contributed by atoms with Gasteiger partial charge in [-0.15, -0.1) is 0 Å². The van der Waals surface area contributed by atoms with Gasteiger partial charge >= 0.3 is 6.03 Å². The Morgan fingerprint density at radius 3 is 2.82 bits per heavy atom. The maximum absolute atomic E-state index is 12.2. The van der Waals surface area contributed by atoms with Crippen molar-refractivity contribution in [2.24, 2.45) is 23.7 Å². The summed E-state index contributed by atoms with van der Waals surface area (Å²) in [5.74, 6) is 0.388. The third kappa shape index (κ3) is 4.21. The lowest BCUT2D eigenvalue weighted by molar-refractivity contribution is -0.577. The number of benzene rings is 1. The Labute approximate surface area is 203 Å². The number of para-hydroxylation sites is 1. The smallest absolute Gasteiger partial charge is 0.319 e. The second-order valence-electron chi connectivity index (χ2n) is 10.0. The molecule has 182 valence electrons. The van der Waals surface area contributed by atoms with Crippen molar-refractivity contribution in [2.45, 2.75) is 70.4 Å². The van der Waals surface area contributed by atoms with Crippen LogP contribution in [0.4, 0.5) is 10.5 Å². The molecule has 5 fully saturated rings. The summed E-state index contributed by atoms with van der Waals surface area (Å²) >= 11 is 3.43. The summed E-state index contributed by atoms with van der Waals surface area (Å²) in [5, 5.41) is 5.65. The first-order chi connectivity index (χ1) is 15.8. The van der Waals surface area contributed by atoms with Gasteiger partial charge in [0.1, 0.15) is 0 Å². The summed E-state index contributed by atoms with van der Waals surface area (Å²) in [4.78, 5) is 24.2. The van der Waals surface area contributed by atoms with Crippen LogP contribution in [0.5, 0.6) is 0 Å². The molecule has 8 nitrogen and oxygen atoms in total. The fraction of sp³-hybridized carbons (Fsp3) is 0.708. The molecule has 0 unspecified atom stereocenters. The lowest BCUT2D eigenvalue weighted by atomic mass is 9.58. The molecule has 1 spiro atoms. The number of ether oxygens (including phenoxy) is 3. The van der Waals surface area contributed by atoms with Crippen molar-refractivity contribution in [2.75, 3.05) is 18.5 Å². The standard InChI is InChI=1S/C24H33BrN2O6/c1-14-8-9-17-15(2)20(29-13-12-26-22(28)27-19-7-5-4-6-18(19)25)30-21-24(17)16(14)10-11-23(3,31-21)32-33-24/h4-7,14-17,20-21H,8-13H2,1-3H3,(H2,26,27,28)/t14-,15-,16+,17+,20+,21-,23+,24-/m1/s1. The summed E-state index contributed by atoms with van der Waals surface area (Å²) in [6.45, 7) is 7.07. The zero-order valence-electron chi connectivity index (χ0n) is 19.3. The van der Waals surface area contributed by atoms with Gasteiger partial charge in [-0.3, -0.25) is 0 Å². The molecule has 33 heavy (non-hydrogen) atoms. The van der Waals surface area contributed by atoms with Gasteiger partial charge in [0.2, 0.25) is 5.79 Å². The molecule has 1 aromatic carbocycles. The zero-order valence-corrected chi connectivity index (χ0v) is 20.9. The first kappa shape index (κ1) is 23.5. The number of carbonyl (C=O) groups is 1. The number of amides is 2. The van der Waals surface area contributed by atoms with Crippen LogP contribution in [0.25, 0.3) is 0 Å². The van der Waals surface area contributed by atoms with Crippen LogP contribution in [-0.2, 0) is 24.0 Å². The lowest BCUT2D eigenvalue weighted by Crippen LogP contribution is -2.70. The van der Waals surface area contributed by atoms with Gasteiger partial charge in [0.15, 0.2) is 18.2 Å². The zero-order chi connectivity index (χ0) is 23.2. The number of carbonyl (C=O) groups excluding carboxylic acids is 1. The van der Waals surface area contributed by atoms with Crippen molar-refractivity contribution in [1.29, 1.82) is 0 Å². The molecule has 4 saturated heterocycles. The summed E-state index contributed by atoms with van der Waals surface area (Å²) in [7, 11) is 0. The third-order valence-corrected chi connectivity index (χ3v) is 8.58. The Morgan fingerprint density at radius 2 is 2.00 bits per heavy atom. The fourth-order valence-electron chi connectivity index (χ4n) is 6.13. The van der Waals surface area contributed by atoms with E-state index in [1.807, 2.05) is 31.2 Å². The van der Waals surface area contributed by atoms with E-state index < -0.39 is 24.0 Å². The summed E-state index contributed by atoms with van der Waals surface area (Å²) in [6, 6.07) is 7.19. The van der Waals surface area contributed by atoms with E-state index in [1.165, 1.54) is 0 Å². The van der Waals surface area contributed by atoms with Crippen LogP contribution in [-0.4, -0.2) is 43.2 Å². The van der Waals surface area contributed by atoms with Crippen LogP contribution in [0.2, 0.25) is 0 Å². The Hall–Kier alpha value is -1.23. The van der Waals surface area contributed by atoms with Gasteiger partial charge in [-0.1, -0.05) is 26.0 Å². The van der Waals surface area contributed by atoms with Gasteiger partial charge in [-0.25, -0.2) is 14.6 Å². The predicted octanol–water partition coefficient (Wildman–Crippen LogP) is 4.80. The predicted molar refractivity (Wildman–Crippen MR) is 124 cm³/mol. The second-order valence-corrected chi connectivity index (χ2v) is 10.9. The summed E-state index contributed by atoms with van der Waals surface area (Å²) in [6.07, 6.45) is 3.01. The Morgan fingerprint density at radius 1 is 1.18 bits per heavy atom. The number of hydrogen-bond donors (Lipinski definition) is 2. The minimum absolute atomic E-state index is 0.111. The molecule has 9 heteroatoms. The normalized spacial score (nSPS) is 41.7. The Kier molecular flexibility index (Phi) is 6.48. The van der Waals surface area contributed by atoms with Crippen LogP contribution in [0.1, 0.15) is 46.5 Å². The van der Waals surface area contributed by atoms with Gasteiger partial charge < -0.3 is 24.8 Å². The first-order valence-corrected chi connectivity index (χ1v) is 12.7. The van der Waals surface area contributed by atoms with E-state index in [4.69, 9.17) is 24.0 Å². The van der Waals surface area contributed by atoms with Crippen LogP contribution in [0, 0.1) is 23.7 Å². The van der Waals surface area contributed by atoms with E-state index in [-0.39, 0.29) is 17.9 Å². The maximum atomic E-state index is 12.2. The Balaban J connectivity index is 1.20. The number of anilines is 1. The fourth-order valence-corrected chi connectivity index (χ4v) is 6.52. The van der Waals surface area contributed by atoms with Crippen LogP contribution in [0.3, 0.4) is 0 Å². The van der Waals surface area contributed by atoms with Crippen molar-refractivity contribution >= 4 is 27.6 Å². The number of urea groups is 1. The van der Waals surface area contributed by atoms with E-state index in [0.29, 0.717) is 30.7 Å². The second kappa shape index (κ2) is 9.09. The monoisotopic (exact) mass is 524 g/mol. The molecule has 5 aliphatic rings. The van der Waals surface area contributed by atoms with E-state index in [9.17, 15) is 4.79 Å². The van der Waals surface area contributed by atoms with Crippen LogP contribution in [0.15, 0.2) is 28.7 Å². The number of hydrogen-bond acceptors (Lipinski definition) is 6. The molecule has 1 saturated carbocycles. The molecule has 4 heterocycles. The summed E-state index contributed by atoms with van der Waals surface area (Å²) in [5.41, 5.74) is 0.122. The maximum Gasteiger partial charge on any atom is 0.319 e. The van der Waals surface area contributed by atoms with E-state index in [0.717, 1.165) is 30.2 Å². The highest BCUT2D eigenvalue weighted by atomic mass is 79.9. The van der Waals surface area contributed by atoms with Crippen LogP contribution >= 0.6 is 15.9 Å². The van der Waals surface area contributed by atoms with Gasteiger partial charge in [-0.05, 0) is 66.1 Å². The van der Waals surface area contributed by atoms with E-state index in [1.54, 1.807) is 0 Å². The van der Waals surface area contributed by atoms with Gasteiger partial charge in [0.05, 0.1) is 12.3 Å². The molecule has 8 atom stereocenters. The lowest BCUT2D eigenvalue weighted by Gasteiger charge is -2.60. The van der Waals surface area contributed by atoms with Crippen molar-refractivity contribution in [1.82, 2.24) is 5.32 Å². The van der Waals surface area contributed by atoms with Crippen molar-refractivity contribution in [3.05, 3.63) is 28.7 Å². The highest BCUT2D eigenvalue weighted by Gasteiger charge is 2.69. The first-order valence-electron chi connectivity index (χ1n) is 11.9. The molecule has 2 bridgehead atoms. The van der Waals surface area contributed by atoms with E-state index >= 15 is 0 Å². The van der Waals surface area contributed by atoms with Gasteiger partial charge in [0, 0.05) is 29.3 Å². The molecule has 0 aromatic heterocycles. The molecule has 1 aromatic rings. The molecule has 0 radical (unpaired) electrons. The minimum atomic E-state index is -0.798. The largest absolute Gasteiger partial charge is 0.350 e. The third-order valence-electron chi connectivity index (χ3n) is 7.89. The number of rotatable bonds is 5. The average molecular weight is 525 g/mol. The topological polar surface area (TPSA) is 87.3 Å². The molecule has 6 rings (SSSR count). The highest BCUT2D eigenvalue weighted by Crippen LogP contribution is 2.60. The van der Waals surface area contributed by atoms with Crippen molar-refractivity contribution < 1.29 is 28.8 Å². The highest BCUT2D eigenvalue weighted by molar-refractivity contribution is 9.10. The van der Waals surface area contributed by atoms with Gasteiger partial charge in [0.25, 0.3) is 0 Å². The van der Waals surface area contributed by atoms with Crippen molar-refractivity contribution in [3.63, 3.8) is 0 Å². The number of halogens is 1. The van der Waals surface area contributed by atoms with Gasteiger partial charge in [-0.2, -0.15) is 0 Å². The molecule has 4 aliphatic heterocycles. The molecule has 2 N–H and O–H groups in total.